The Bertz CT molecular complexity index is 313. The van der Waals surface area contributed by atoms with Gasteiger partial charge >= 0.3 is 0 Å². The van der Waals surface area contributed by atoms with Crippen LogP contribution in [0.5, 0.6) is 0 Å². The van der Waals surface area contributed by atoms with Crippen molar-refractivity contribution in [2.24, 2.45) is 0 Å². The van der Waals surface area contributed by atoms with Gasteiger partial charge in [0.1, 0.15) is 0 Å². The van der Waals surface area contributed by atoms with Crippen LogP contribution < -0.4 is 0 Å². The maximum atomic E-state index is 5.66. The van der Waals surface area contributed by atoms with Crippen LogP contribution in [0.1, 0.15) is 37.7 Å². The van der Waals surface area contributed by atoms with Crippen molar-refractivity contribution in [2.45, 2.75) is 43.4 Å². The van der Waals surface area contributed by atoms with Crippen molar-refractivity contribution in [1.29, 1.82) is 0 Å². The Balaban J connectivity index is 1.95. The van der Waals surface area contributed by atoms with E-state index in [-0.39, 0.29) is 0 Å². The predicted octanol–water partition coefficient (Wildman–Crippen LogP) is 5.31. The Morgan fingerprint density at radius 3 is 2.32 bits per heavy atom. The lowest BCUT2D eigenvalue weighted by atomic mass is 10.1. The van der Waals surface area contributed by atoms with Crippen molar-refractivity contribution < 1.29 is 4.74 Å². The summed E-state index contributed by atoms with van der Waals surface area (Å²) >= 11 is 5.24. The summed E-state index contributed by atoms with van der Waals surface area (Å²) in [6, 6.07) is 8.85. The van der Waals surface area contributed by atoms with Gasteiger partial charge < -0.3 is 4.74 Å². The van der Waals surface area contributed by atoms with Gasteiger partial charge in [-0.25, -0.2) is 0 Å². The summed E-state index contributed by atoms with van der Waals surface area (Å²) in [7, 11) is 0. The molecule has 0 radical (unpaired) electrons. The highest BCUT2D eigenvalue weighted by molar-refractivity contribution is 9.09. The lowest BCUT2D eigenvalue weighted by Gasteiger charge is -2.05. The number of rotatable bonds is 11. The largest absolute Gasteiger partial charge is 0.381 e. The van der Waals surface area contributed by atoms with Gasteiger partial charge in [0.25, 0.3) is 0 Å². The molecule has 0 spiro atoms. The smallest absolute Gasteiger partial charge is 0.0469 e. The van der Waals surface area contributed by atoms with Gasteiger partial charge in [0, 0.05) is 23.4 Å². The molecule has 1 aromatic carbocycles. The molecule has 0 atom stereocenters. The van der Waals surface area contributed by atoms with Gasteiger partial charge in [-0.1, -0.05) is 40.9 Å². The molecular formula is C16H25BrOS. The standard InChI is InChI=1S/C16H25BrOS/c1-19-16-10-8-15(9-11-16)7-6-14-18-13-5-3-2-4-12-17/h8-11H,2-7,12-14H2,1H3. The fourth-order valence-corrected chi connectivity index (χ4v) is 2.73. The van der Waals surface area contributed by atoms with E-state index in [2.05, 4.69) is 46.5 Å². The molecule has 0 amide bonds. The Labute approximate surface area is 130 Å². The second-order valence-corrected chi connectivity index (χ2v) is 6.34. The first kappa shape index (κ1) is 17.1. The van der Waals surface area contributed by atoms with E-state index in [1.165, 1.54) is 36.1 Å². The second kappa shape index (κ2) is 11.8. The third kappa shape index (κ3) is 8.72. The molecule has 0 aromatic heterocycles. The number of halogens is 1. The lowest BCUT2D eigenvalue weighted by molar-refractivity contribution is 0.128. The van der Waals surface area contributed by atoms with Gasteiger partial charge in [0.05, 0.1) is 0 Å². The molecular weight excluding hydrogens is 320 g/mol. The highest BCUT2D eigenvalue weighted by Crippen LogP contribution is 2.15. The molecule has 108 valence electrons. The van der Waals surface area contributed by atoms with Crippen molar-refractivity contribution in [2.75, 3.05) is 24.8 Å². The SMILES string of the molecule is CSc1ccc(CCCOCCCCCCBr)cc1. The highest BCUT2D eigenvalue weighted by Gasteiger charge is 1.95. The van der Waals surface area contributed by atoms with Crippen LogP contribution in [-0.4, -0.2) is 24.8 Å². The van der Waals surface area contributed by atoms with Crippen molar-refractivity contribution in [3.8, 4) is 0 Å². The number of hydrogen-bond donors (Lipinski definition) is 0. The van der Waals surface area contributed by atoms with Gasteiger partial charge in [0.15, 0.2) is 0 Å². The summed E-state index contributed by atoms with van der Waals surface area (Å²) < 4.78 is 5.66. The summed E-state index contributed by atoms with van der Waals surface area (Å²) in [5.74, 6) is 0. The van der Waals surface area contributed by atoms with Gasteiger partial charge in [-0.3, -0.25) is 0 Å². The van der Waals surface area contributed by atoms with E-state index in [0.29, 0.717) is 0 Å². The highest BCUT2D eigenvalue weighted by atomic mass is 79.9. The number of unbranched alkanes of at least 4 members (excludes halogenated alkanes) is 3. The molecule has 1 aromatic rings. The number of alkyl halides is 1. The molecule has 0 bridgehead atoms. The van der Waals surface area contributed by atoms with Crippen LogP contribution in [-0.2, 0) is 11.2 Å². The summed E-state index contributed by atoms with van der Waals surface area (Å²) in [4.78, 5) is 1.34. The Kier molecular flexibility index (Phi) is 10.6. The molecule has 1 rings (SSSR count). The fraction of sp³-hybridized carbons (Fsp3) is 0.625. The van der Waals surface area contributed by atoms with E-state index in [0.717, 1.165) is 31.4 Å². The molecule has 0 saturated heterocycles. The van der Waals surface area contributed by atoms with Crippen LogP contribution in [0.4, 0.5) is 0 Å². The predicted molar refractivity (Wildman–Crippen MR) is 89.6 cm³/mol. The first-order chi connectivity index (χ1) is 9.36. The third-order valence-electron chi connectivity index (χ3n) is 3.09. The Morgan fingerprint density at radius 1 is 0.947 bits per heavy atom. The van der Waals surface area contributed by atoms with E-state index >= 15 is 0 Å². The summed E-state index contributed by atoms with van der Waals surface area (Å²) in [5.41, 5.74) is 1.42. The van der Waals surface area contributed by atoms with E-state index in [4.69, 9.17) is 4.74 Å². The molecule has 0 aliphatic heterocycles. The van der Waals surface area contributed by atoms with Gasteiger partial charge in [0.2, 0.25) is 0 Å². The lowest BCUT2D eigenvalue weighted by Crippen LogP contribution is -1.99. The van der Waals surface area contributed by atoms with Crippen molar-refractivity contribution in [3.05, 3.63) is 29.8 Å². The van der Waals surface area contributed by atoms with E-state index in [1.807, 2.05) is 0 Å². The van der Waals surface area contributed by atoms with Crippen molar-refractivity contribution in [3.63, 3.8) is 0 Å². The quantitative estimate of drug-likeness (QED) is 0.305. The minimum atomic E-state index is 0.892. The van der Waals surface area contributed by atoms with Gasteiger partial charge in [-0.15, -0.1) is 11.8 Å². The number of hydrogen-bond acceptors (Lipinski definition) is 2. The Hall–Kier alpha value is 0.01000. The maximum absolute atomic E-state index is 5.66. The zero-order valence-corrected chi connectivity index (χ0v) is 14.3. The second-order valence-electron chi connectivity index (χ2n) is 4.67. The molecule has 0 heterocycles. The zero-order valence-electron chi connectivity index (χ0n) is 11.9. The summed E-state index contributed by atoms with van der Waals surface area (Å²) in [6.45, 7) is 1.82. The Morgan fingerprint density at radius 2 is 1.63 bits per heavy atom. The third-order valence-corrected chi connectivity index (χ3v) is 4.39. The molecule has 0 fully saturated rings. The van der Waals surface area contributed by atoms with Crippen LogP contribution in [0.3, 0.4) is 0 Å². The molecule has 0 saturated carbocycles. The van der Waals surface area contributed by atoms with Crippen LogP contribution in [0.25, 0.3) is 0 Å². The van der Waals surface area contributed by atoms with E-state index < -0.39 is 0 Å². The average molecular weight is 345 g/mol. The van der Waals surface area contributed by atoms with Crippen molar-refractivity contribution >= 4 is 27.7 Å². The first-order valence-electron chi connectivity index (χ1n) is 7.13. The number of thioether (sulfide) groups is 1. The maximum Gasteiger partial charge on any atom is 0.0469 e. The molecule has 0 aliphatic carbocycles. The number of benzene rings is 1. The molecule has 3 heteroatoms. The molecule has 19 heavy (non-hydrogen) atoms. The van der Waals surface area contributed by atoms with Crippen LogP contribution in [0.2, 0.25) is 0 Å². The minimum absolute atomic E-state index is 0.892. The van der Waals surface area contributed by atoms with E-state index in [1.54, 1.807) is 11.8 Å². The number of ether oxygens (including phenoxy) is 1. The molecule has 0 aliphatic rings. The average Bonchev–Trinajstić information content (AvgIpc) is 2.46. The van der Waals surface area contributed by atoms with E-state index in [9.17, 15) is 0 Å². The summed E-state index contributed by atoms with van der Waals surface area (Å²) in [6.07, 6.45) is 9.46. The zero-order chi connectivity index (χ0) is 13.8. The van der Waals surface area contributed by atoms with Gasteiger partial charge in [-0.05, 0) is 49.6 Å². The topological polar surface area (TPSA) is 9.23 Å². The van der Waals surface area contributed by atoms with Gasteiger partial charge in [-0.2, -0.15) is 0 Å². The first-order valence-corrected chi connectivity index (χ1v) is 9.48. The molecule has 1 nitrogen and oxygen atoms in total. The number of aryl methyl sites for hydroxylation is 1. The molecule has 0 N–H and O–H groups in total. The van der Waals surface area contributed by atoms with Crippen LogP contribution in [0, 0.1) is 0 Å². The van der Waals surface area contributed by atoms with Crippen molar-refractivity contribution in [1.82, 2.24) is 0 Å². The minimum Gasteiger partial charge on any atom is -0.381 e. The summed E-state index contributed by atoms with van der Waals surface area (Å²) in [5, 5.41) is 1.13. The monoisotopic (exact) mass is 344 g/mol. The molecule has 0 unspecified atom stereocenters. The normalized spacial score (nSPS) is 10.8. The fourth-order valence-electron chi connectivity index (χ4n) is 1.92. The van der Waals surface area contributed by atoms with Crippen LogP contribution >= 0.6 is 27.7 Å². The van der Waals surface area contributed by atoms with Crippen LogP contribution in [0.15, 0.2) is 29.2 Å².